The van der Waals surface area contributed by atoms with Gasteiger partial charge in [0.2, 0.25) is 0 Å². The van der Waals surface area contributed by atoms with E-state index in [2.05, 4.69) is 10.6 Å². The van der Waals surface area contributed by atoms with Gasteiger partial charge < -0.3 is 15.7 Å². The smallest absolute Gasteiger partial charge is 0.337 e. The topological polar surface area (TPSA) is 170 Å². The molecule has 5 rings (SSSR count). The number of aromatic carboxylic acids is 1. The number of carboxylic acids is 1. The van der Waals surface area contributed by atoms with E-state index >= 15 is 0 Å². The molecule has 248 valence electrons. The molecule has 1 unspecified atom stereocenters. The largest absolute Gasteiger partial charge is 0.478 e. The predicted molar refractivity (Wildman–Crippen MR) is 184 cm³/mol. The number of carboxylic acid groups (broad SMARTS) is 1. The normalized spacial score (nSPS) is 12.3. The molecule has 48 heavy (non-hydrogen) atoms. The number of hydrogen-bond acceptors (Lipinski definition) is 7. The van der Waals surface area contributed by atoms with Crippen molar-refractivity contribution in [1.82, 2.24) is 0 Å². The summed E-state index contributed by atoms with van der Waals surface area (Å²) >= 11 is 0. The molecule has 0 bridgehead atoms. The van der Waals surface area contributed by atoms with Crippen LogP contribution >= 0.6 is 0 Å². The molecular weight excluding hydrogens is 653 g/mol. The Morgan fingerprint density at radius 3 is 1.83 bits per heavy atom. The van der Waals surface area contributed by atoms with Crippen molar-refractivity contribution in [3.05, 3.63) is 154 Å². The average Bonchev–Trinajstić information content (AvgIpc) is 3.04. The van der Waals surface area contributed by atoms with Gasteiger partial charge in [0.1, 0.15) is 0 Å². The van der Waals surface area contributed by atoms with Crippen LogP contribution in [0, 0.1) is 13.8 Å². The van der Waals surface area contributed by atoms with Gasteiger partial charge in [0, 0.05) is 30.4 Å². The zero-order chi connectivity index (χ0) is 34.6. The summed E-state index contributed by atoms with van der Waals surface area (Å²) in [6.07, 6.45) is 0. The van der Waals surface area contributed by atoms with Crippen LogP contribution in [0.4, 0.5) is 11.4 Å². The van der Waals surface area contributed by atoms with Gasteiger partial charge in [-0.25, -0.2) is 4.79 Å². The second kappa shape index (κ2) is 14.0. The van der Waals surface area contributed by atoms with Crippen molar-refractivity contribution in [3.8, 4) is 0 Å². The zero-order valence-electron chi connectivity index (χ0n) is 26.1. The van der Waals surface area contributed by atoms with E-state index in [-0.39, 0.29) is 27.6 Å². The van der Waals surface area contributed by atoms with Gasteiger partial charge in [0.25, 0.3) is 20.2 Å². The van der Waals surface area contributed by atoms with Gasteiger partial charge in [-0.15, -0.1) is 0 Å². The number of benzene rings is 5. The fraction of sp³-hybridized carbons (Fsp3) is 0.139. The quantitative estimate of drug-likeness (QED) is 0.0687. The SMILES string of the molecule is Cc1cc(S(=O)(=O)O)cc(C)c1C(c1ccc(NCc2ccccc2)cc1)c1ccc(NCc2cccc(S(=O)(=O)O)c2)c(C(=O)O)c1. The van der Waals surface area contributed by atoms with Crippen molar-refractivity contribution in [2.75, 3.05) is 10.6 Å². The Kier molecular flexibility index (Phi) is 10.0. The molecule has 0 aliphatic carbocycles. The lowest BCUT2D eigenvalue weighted by Crippen LogP contribution is -2.12. The molecule has 5 aromatic carbocycles. The maximum Gasteiger partial charge on any atom is 0.337 e. The molecule has 0 aliphatic heterocycles. The molecule has 0 radical (unpaired) electrons. The molecule has 5 N–H and O–H groups in total. The summed E-state index contributed by atoms with van der Waals surface area (Å²) in [6, 6.07) is 31.1. The number of carbonyl (C=O) groups is 1. The molecule has 0 amide bonds. The van der Waals surface area contributed by atoms with Crippen molar-refractivity contribution in [1.29, 1.82) is 0 Å². The number of anilines is 2. The Morgan fingerprint density at radius 2 is 1.23 bits per heavy atom. The summed E-state index contributed by atoms with van der Waals surface area (Å²) in [5, 5.41) is 16.7. The maximum absolute atomic E-state index is 12.5. The average molecular weight is 687 g/mol. The first kappa shape index (κ1) is 34.3. The minimum atomic E-state index is -4.46. The summed E-state index contributed by atoms with van der Waals surface area (Å²) in [4.78, 5) is 12.0. The third-order valence-electron chi connectivity index (χ3n) is 8.02. The summed E-state index contributed by atoms with van der Waals surface area (Å²) in [7, 11) is -8.87. The van der Waals surface area contributed by atoms with Crippen LogP contribution in [0.25, 0.3) is 0 Å². The van der Waals surface area contributed by atoms with Gasteiger partial charge in [0.05, 0.1) is 15.4 Å². The third-order valence-corrected chi connectivity index (χ3v) is 9.70. The lowest BCUT2D eigenvalue weighted by molar-refractivity contribution is 0.0697. The van der Waals surface area contributed by atoms with Crippen molar-refractivity contribution in [3.63, 3.8) is 0 Å². The zero-order valence-corrected chi connectivity index (χ0v) is 27.7. The number of aryl methyl sites for hydroxylation is 2. The van der Waals surface area contributed by atoms with E-state index in [0.29, 0.717) is 28.8 Å². The number of rotatable bonds is 12. The molecule has 1 atom stereocenters. The van der Waals surface area contributed by atoms with Crippen LogP contribution < -0.4 is 10.6 Å². The van der Waals surface area contributed by atoms with Gasteiger partial charge in [0.15, 0.2) is 0 Å². The summed E-state index contributed by atoms with van der Waals surface area (Å²) in [6.45, 7) is 4.19. The molecule has 0 aliphatic rings. The van der Waals surface area contributed by atoms with Gasteiger partial charge in [-0.3, -0.25) is 9.11 Å². The van der Waals surface area contributed by atoms with E-state index in [4.69, 9.17) is 0 Å². The molecule has 0 saturated carbocycles. The first-order valence-corrected chi connectivity index (χ1v) is 17.7. The summed E-state index contributed by atoms with van der Waals surface area (Å²) < 4.78 is 66.2. The van der Waals surface area contributed by atoms with Crippen LogP contribution in [0.1, 0.15) is 55.2 Å². The molecule has 10 nitrogen and oxygen atoms in total. The highest BCUT2D eigenvalue weighted by Crippen LogP contribution is 2.39. The van der Waals surface area contributed by atoms with Crippen LogP contribution in [-0.2, 0) is 33.3 Å². The first-order valence-electron chi connectivity index (χ1n) is 14.8. The number of hydrogen-bond donors (Lipinski definition) is 5. The Balaban J connectivity index is 1.54. The fourth-order valence-corrected chi connectivity index (χ4v) is 6.95. The molecule has 0 aromatic heterocycles. The van der Waals surface area contributed by atoms with Crippen LogP contribution in [0.15, 0.2) is 119 Å². The monoisotopic (exact) mass is 686 g/mol. The van der Waals surface area contributed by atoms with E-state index in [1.165, 1.54) is 30.3 Å². The molecule has 5 aromatic rings. The van der Waals surface area contributed by atoms with Gasteiger partial charge in [-0.05, 0) is 101 Å². The minimum absolute atomic E-state index is 0.0329. The second-order valence-corrected chi connectivity index (χ2v) is 14.3. The van der Waals surface area contributed by atoms with E-state index in [0.717, 1.165) is 22.4 Å². The van der Waals surface area contributed by atoms with Crippen LogP contribution in [0.2, 0.25) is 0 Å². The Bertz CT molecular complexity index is 2160. The molecule has 0 fully saturated rings. The van der Waals surface area contributed by atoms with Gasteiger partial charge in [-0.1, -0.05) is 60.7 Å². The minimum Gasteiger partial charge on any atom is -0.478 e. The molecule has 12 heteroatoms. The van der Waals surface area contributed by atoms with Crippen LogP contribution in [0.5, 0.6) is 0 Å². The fourth-order valence-electron chi connectivity index (χ4n) is 5.74. The van der Waals surface area contributed by atoms with Crippen molar-refractivity contribution in [2.24, 2.45) is 0 Å². The summed E-state index contributed by atoms with van der Waals surface area (Å²) in [5.41, 5.74) is 6.15. The first-order chi connectivity index (χ1) is 22.7. The molecular formula is C36H34N2O8S2. The lowest BCUT2D eigenvalue weighted by atomic mass is 9.80. The number of nitrogens with one attached hydrogen (secondary N) is 2. The lowest BCUT2D eigenvalue weighted by Gasteiger charge is -2.25. The van der Waals surface area contributed by atoms with E-state index in [9.17, 15) is 35.8 Å². The van der Waals surface area contributed by atoms with Gasteiger partial charge in [-0.2, -0.15) is 16.8 Å². The third kappa shape index (κ3) is 8.09. The van der Waals surface area contributed by atoms with Crippen molar-refractivity contribution < 1.29 is 35.8 Å². The Hall–Kier alpha value is -5.01. The highest BCUT2D eigenvalue weighted by atomic mass is 32.2. The van der Waals surface area contributed by atoms with Crippen LogP contribution in [0.3, 0.4) is 0 Å². The molecule has 0 saturated heterocycles. The summed E-state index contributed by atoms with van der Waals surface area (Å²) in [5.74, 6) is -1.71. The highest BCUT2D eigenvalue weighted by molar-refractivity contribution is 7.86. The highest BCUT2D eigenvalue weighted by Gasteiger charge is 2.25. The van der Waals surface area contributed by atoms with Gasteiger partial charge >= 0.3 is 5.97 Å². The van der Waals surface area contributed by atoms with Crippen molar-refractivity contribution >= 4 is 37.6 Å². The molecule has 0 heterocycles. The van der Waals surface area contributed by atoms with E-state index in [1.807, 2.05) is 54.6 Å². The predicted octanol–water partition coefficient (Wildman–Crippen LogP) is 6.90. The van der Waals surface area contributed by atoms with Crippen LogP contribution in [-0.4, -0.2) is 37.0 Å². The van der Waals surface area contributed by atoms with E-state index < -0.39 is 32.1 Å². The Labute approximate surface area is 279 Å². The maximum atomic E-state index is 12.5. The molecule has 0 spiro atoms. The van der Waals surface area contributed by atoms with Crippen molar-refractivity contribution in [2.45, 2.75) is 42.6 Å². The second-order valence-electron chi connectivity index (χ2n) is 11.4. The standard InChI is InChI=1S/C36H34N2O8S2/c1-23-17-31(48(44,45)46)18-24(2)34(23)35(27-11-14-29(15-12-27)37-21-25-7-4-3-5-8-25)28-13-16-33(32(20-28)36(39)40)38-22-26-9-6-10-30(19-26)47(41,42)43/h3-20,35,37-38H,21-22H2,1-2H3,(H,39,40)(H,41,42,43)(H,44,45,46). The Morgan fingerprint density at radius 1 is 0.646 bits per heavy atom. The van der Waals surface area contributed by atoms with E-state index in [1.54, 1.807) is 38.1 Å².